The van der Waals surface area contributed by atoms with Crippen molar-refractivity contribution < 1.29 is 9.47 Å². The molecular formula is C15H21ClN2O2. The highest BCUT2D eigenvalue weighted by atomic mass is 35.5. The number of hydrogen-bond acceptors (Lipinski definition) is 4. The van der Waals surface area contributed by atoms with Crippen molar-refractivity contribution in [1.29, 1.82) is 0 Å². The largest absolute Gasteiger partial charge is 0.467 e. The lowest BCUT2D eigenvalue weighted by Gasteiger charge is -2.24. The average Bonchev–Trinajstić information content (AvgIpc) is 2.86. The average molecular weight is 297 g/mol. The molecule has 4 nitrogen and oxygen atoms in total. The lowest BCUT2D eigenvalue weighted by molar-refractivity contribution is -0.0174. The van der Waals surface area contributed by atoms with Gasteiger partial charge in [-0.15, -0.1) is 0 Å². The van der Waals surface area contributed by atoms with E-state index in [-0.39, 0.29) is 0 Å². The topological polar surface area (TPSA) is 33.7 Å². The maximum atomic E-state index is 6.21. The van der Waals surface area contributed by atoms with E-state index < -0.39 is 0 Å². The number of halogens is 1. The van der Waals surface area contributed by atoms with Crippen molar-refractivity contribution in [2.75, 3.05) is 33.5 Å². The molecule has 0 spiro atoms. The van der Waals surface area contributed by atoms with E-state index in [4.69, 9.17) is 21.1 Å². The fourth-order valence-electron chi connectivity index (χ4n) is 3.13. The van der Waals surface area contributed by atoms with Crippen LogP contribution in [0.5, 0.6) is 5.75 Å². The van der Waals surface area contributed by atoms with Gasteiger partial charge in [-0.2, -0.15) is 0 Å². The Morgan fingerprint density at radius 3 is 3.20 bits per heavy atom. The standard InChI is InChI=1S/C15H21ClN2O2/c1-17-6-11-2-3-18(7-11)8-12-4-14(16)5-13-9-19-10-20-15(12)13/h4-5,11,17H,2-3,6-10H2,1H3. The second kappa shape index (κ2) is 6.31. The number of ether oxygens (including phenoxy) is 2. The maximum absolute atomic E-state index is 6.21. The Bertz CT molecular complexity index is 481. The second-order valence-corrected chi connectivity index (χ2v) is 6.05. The van der Waals surface area contributed by atoms with Crippen molar-refractivity contribution in [3.8, 4) is 5.75 Å². The number of fused-ring (bicyclic) bond motifs is 1. The molecule has 3 rings (SSSR count). The first kappa shape index (κ1) is 14.1. The fourth-order valence-corrected chi connectivity index (χ4v) is 3.39. The summed E-state index contributed by atoms with van der Waals surface area (Å²) in [6, 6.07) is 3.96. The van der Waals surface area contributed by atoms with Gasteiger partial charge in [0.1, 0.15) is 5.75 Å². The molecule has 0 amide bonds. The van der Waals surface area contributed by atoms with E-state index in [0.29, 0.717) is 13.4 Å². The quantitative estimate of drug-likeness (QED) is 0.924. The zero-order valence-corrected chi connectivity index (χ0v) is 12.6. The van der Waals surface area contributed by atoms with E-state index in [2.05, 4.69) is 10.2 Å². The van der Waals surface area contributed by atoms with Crippen LogP contribution < -0.4 is 10.1 Å². The van der Waals surface area contributed by atoms with E-state index in [1.807, 2.05) is 19.2 Å². The first-order valence-electron chi connectivity index (χ1n) is 7.15. The first-order valence-corrected chi connectivity index (χ1v) is 7.53. The van der Waals surface area contributed by atoms with Gasteiger partial charge in [-0.3, -0.25) is 4.90 Å². The van der Waals surface area contributed by atoms with Crippen molar-refractivity contribution in [1.82, 2.24) is 10.2 Å². The van der Waals surface area contributed by atoms with Crippen LogP contribution in [0.2, 0.25) is 5.02 Å². The van der Waals surface area contributed by atoms with Crippen LogP contribution in [0.4, 0.5) is 0 Å². The molecule has 0 saturated carbocycles. The second-order valence-electron chi connectivity index (χ2n) is 5.61. The molecule has 1 saturated heterocycles. The molecule has 1 fully saturated rings. The third kappa shape index (κ3) is 3.09. The third-order valence-corrected chi connectivity index (χ3v) is 4.23. The first-order chi connectivity index (χ1) is 9.76. The SMILES string of the molecule is CNCC1CCN(Cc2cc(Cl)cc3c2OCOC3)C1. The molecule has 0 radical (unpaired) electrons. The van der Waals surface area contributed by atoms with Gasteiger partial charge in [0, 0.05) is 29.2 Å². The summed E-state index contributed by atoms with van der Waals surface area (Å²) in [5.74, 6) is 1.72. The van der Waals surface area contributed by atoms with Crippen LogP contribution in [-0.4, -0.2) is 38.4 Å². The summed E-state index contributed by atoms with van der Waals surface area (Å²) < 4.78 is 11.0. The summed E-state index contributed by atoms with van der Waals surface area (Å²) in [4.78, 5) is 2.48. The molecule has 110 valence electrons. The van der Waals surface area contributed by atoms with Crippen LogP contribution in [0.1, 0.15) is 17.5 Å². The molecule has 2 aliphatic heterocycles. The summed E-state index contributed by atoms with van der Waals surface area (Å²) in [7, 11) is 2.02. The Kier molecular flexibility index (Phi) is 4.46. The minimum Gasteiger partial charge on any atom is -0.467 e. The Hall–Kier alpha value is -0.810. The van der Waals surface area contributed by atoms with Gasteiger partial charge in [0.2, 0.25) is 0 Å². The number of nitrogens with one attached hydrogen (secondary N) is 1. The van der Waals surface area contributed by atoms with Gasteiger partial charge < -0.3 is 14.8 Å². The van der Waals surface area contributed by atoms with Crippen molar-refractivity contribution >= 4 is 11.6 Å². The summed E-state index contributed by atoms with van der Waals surface area (Å²) in [5.41, 5.74) is 2.24. The highest BCUT2D eigenvalue weighted by Crippen LogP contribution is 2.33. The fraction of sp³-hybridized carbons (Fsp3) is 0.600. The summed E-state index contributed by atoms with van der Waals surface area (Å²) in [6.07, 6.45) is 1.26. The molecule has 5 heteroatoms. The zero-order chi connectivity index (χ0) is 13.9. The minimum absolute atomic E-state index is 0.337. The molecule has 1 atom stereocenters. The highest BCUT2D eigenvalue weighted by Gasteiger charge is 2.24. The Balaban J connectivity index is 1.73. The Morgan fingerprint density at radius 2 is 2.35 bits per heavy atom. The van der Waals surface area contributed by atoms with Gasteiger partial charge in [-0.05, 0) is 44.6 Å². The highest BCUT2D eigenvalue weighted by molar-refractivity contribution is 6.30. The van der Waals surface area contributed by atoms with Crippen molar-refractivity contribution in [2.24, 2.45) is 5.92 Å². The summed E-state index contributed by atoms with van der Waals surface area (Å²) >= 11 is 6.21. The van der Waals surface area contributed by atoms with Crippen LogP contribution in [0, 0.1) is 5.92 Å². The van der Waals surface area contributed by atoms with E-state index in [0.717, 1.165) is 48.4 Å². The van der Waals surface area contributed by atoms with Crippen LogP contribution in [0.3, 0.4) is 0 Å². The summed E-state index contributed by atoms with van der Waals surface area (Å²) in [5, 5.41) is 4.03. The molecule has 2 aliphatic rings. The molecular weight excluding hydrogens is 276 g/mol. The molecule has 0 aromatic heterocycles. The third-order valence-electron chi connectivity index (χ3n) is 4.01. The van der Waals surface area contributed by atoms with Gasteiger partial charge in [-0.25, -0.2) is 0 Å². The minimum atomic E-state index is 0.337. The molecule has 1 aromatic rings. The number of benzene rings is 1. The zero-order valence-electron chi connectivity index (χ0n) is 11.8. The Morgan fingerprint density at radius 1 is 1.45 bits per heavy atom. The lowest BCUT2D eigenvalue weighted by Crippen LogP contribution is -2.25. The number of nitrogens with zero attached hydrogens (tertiary/aromatic N) is 1. The molecule has 2 heterocycles. The molecule has 1 unspecified atom stereocenters. The Labute approximate surface area is 125 Å². The van der Waals surface area contributed by atoms with Crippen molar-refractivity contribution in [2.45, 2.75) is 19.6 Å². The predicted molar refractivity (Wildman–Crippen MR) is 79.0 cm³/mol. The van der Waals surface area contributed by atoms with E-state index >= 15 is 0 Å². The van der Waals surface area contributed by atoms with Gasteiger partial charge in [-0.1, -0.05) is 11.6 Å². The molecule has 0 bridgehead atoms. The molecule has 1 N–H and O–H groups in total. The van der Waals surface area contributed by atoms with Crippen LogP contribution >= 0.6 is 11.6 Å². The number of rotatable bonds is 4. The predicted octanol–water partition coefficient (Wildman–Crippen LogP) is 2.25. The van der Waals surface area contributed by atoms with Crippen LogP contribution in [0.25, 0.3) is 0 Å². The normalized spacial score (nSPS) is 22.6. The number of likely N-dealkylation sites (tertiary alicyclic amines) is 1. The van der Waals surface area contributed by atoms with E-state index in [1.165, 1.54) is 12.0 Å². The van der Waals surface area contributed by atoms with Gasteiger partial charge in [0.05, 0.1) is 6.61 Å². The summed E-state index contributed by atoms with van der Waals surface area (Å²) in [6.45, 7) is 5.20. The van der Waals surface area contributed by atoms with Crippen molar-refractivity contribution in [3.63, 3.8) is 0 Å². The maximum Gasteiger partial charge on any atom is 0.189 e. The lowest BCUT2D eigenvalue weighted by atomic mass is 10.1. The van der Waals surface area contributed by atoms with Crippen LogP contribution in [0.15, 0.2) is 12.1 Å². The molecule has 0 aliphatic carbocycles. The van der Waals surface area contributed by atoms with E-state index in [1.54, 1.807) is 0 Å². The van der Waals surface area contributed by atoms with Gasteiger partial charge in [0.25, 0.3) is 0 Å². The van der Waals surface area contributed by atoms with Crippen LogP contribution in [-0.2, 0) is 17.9 Å². The molecule has 20 heavy (non-hydrogen) atoms. The van der Waals surface area contributed by atoms with Gasteiger partial charge >= 0.3 is 0 Å². The van der Waals surface area contributed by atoms with Gasteiger partial charge in [0.15, 0.2) is 6.79 Å². The van der Waals surface area contributed by atoms with E-state index in [9.17, 15) is 0 Å². The molecule has 1 aromatic carbocycles. The number of hydrogen-bond donors (Lipinski definition) is 1. The monoisotopic (exact) mass is 296 g/mol. The smallest absolute Gasteiger partial charge is 0.189 e. The van der Waals surface area contributed by atoms with Crippen molar-refractivity contribution in [3.05, 3.63) is 28.3 Å².